The number of carbonyl (C=O) groups excluding carboxylic acids is 1. The number of carbonyl (C=O) groups is 2. The van der Waals surface area contributed by atoms with E-state index in [1.807, 2.05) is 55.5 Å². The lowest BCUT2D eigenvalue weighted by molar-refractivity contribution is -0.139. The number of hydrogen-bond acceptors (Lipinski definition) is 2. The summed E-state index contributed by atoms with van der Waals surface area (Å²) < 4.78 is 0. The highest BCUT2D eigenvalue weighted by atomic mass is 16.4. The minimum Gasteiger partial charge on any atom is -0.480 e. The van der Waals surface area contributed by atoms with Crippen LogP contribution >= 0.6 is 0 Å². The minimum atomic E-state index is -1.06. The largest absolute Gasteiger partial charge is 0.480 e. The van der Waals surface area contributed by atoms with E-state index in [4.69, 9.17) is 0 Å². The van der Waals surface area contributed by atoms with Crippen LogP contribution in [0.5, 0.6) is 0 Å². The molecule has 0 heterocycles. The third-order valence-electron chi connectivity index (χ3n) is 3.53. The number of carboxylic acid groups (broad SMARTS) is 1. The van der Waals surface area contributed by atoms with Gasteiger partial charge in [0.25, 0.3) is 0 Å². The molecule has 0 aliphatic rings. The Hall–Kier alpha value is -2.82. The van der Waals surface area contributed by atoms with Crippen LogP contribution in [-0.4, -0.2) is 23.1 Å². The number of para-hydroxylation sites is 1. The molecule has 0 aromatic heterocycles. The summed E-state index contributed by atoms with van der Waals surface area (Å²) in [6.07, 6.45) is 1.02. The Morgan fingerprint density at radius 3 is 2.35 bits per heavy atom. The number of carboxylic acids is 1. The maximum atomic E-state index is 12.1. The lowest BCUT2D eigenvalue weighted by Crippen LogP contribution is -2.44. The number of aryl methyl sites for hydroxylation is 1. The van der Waals surface area contributed by atoms with E-state index in [9.17, 15) is 14.7 Å². The molecule has 1 atom stereocenters. The van der Waals surface area contributed by atoms with E-state index in [0.29, 0.717) is 5.69 Å². The Bertz CT molecular complexity index is 671. The van der Waals surface area contributed by atoms with Crippen LogP contribution in [-0.2, 0) is 17.6 Å². The van der Waals surface area contributed by atoms with Gasteiger partial charge in [-0.15, -0.1) is 0 Å². The molecule has 23 heavy (non-hydrogen) atoms. The number of nitrogens with one attached hydrogen (secondary N) is 2. The summed E-state index contributed by atoms with van der Waals surface area (Å²) in [6, 6.07) is 15.2. The zero-order chi connectivity index (χ0) is 16.7. The van der Waals surface area contributed by atoms with Crippen LogP contribution in [0.15, 0.2) is 54.6 Å². The third-order valence-corrected chi connectivity index (χ3v) is 3.53. The van der Waals surface area contributed by atoms with Gasteiger partial charge in [-0.05, 0) is 23.6 Å². The van der Waals surface area contributed by atoms with E-state index >= 15 is 0 Å². The second-order valence-electron chi connectivity index (χ2n) is 5.19. The normalized spacial score (nSPS) is 11.5. The van der Waals surface area contributed by atoms with Crippen molar-refractivity contribution in [3.8, 4) is 0 Å². The molecule has 5 heteroatoms. The Balaban J connectivity index is 2.02. The Morgan fingerprint density at radius 2 is 1.70 bits per heavy atom. The number of rotatable bonds is 6. The van der Waals surface area contributed by atoms with Crippen molar-refractivity contribution in [2.75, 3.05) is 5.32 Å². The Kier molecular flexibility index (Phi) is 5.74. The number of benzene rings is 2. The fraction of sp³-hybridized carbons (Fsp3) is 0.222. The number of urea groups is 1. The first-order valence-electron chi connectivity index (χ1n) is 7.52. The molecule has 0 radical (unpaired) electrons. The number of aliphatic carboxylic acids is 1. The van der Waals surface area contributed by atoms with Crippen LogP contribution in [0.2, 0.25) is 0 Å². The number of amides is 2. The molecule has 3 N–H and O–H groups in total. The van der Waals surface area contributed by atoms with Gasteiger partial charge in [0.1, 0.15) is 6.04 Å². The molecule has 2 rings (SSSR count). The predicted molar refractivity (Wildman–Crippen MR) is 89.5 cm³/mol. The van der Waals surface area contributed by atoms with Crippen molar-refractivity contribution in [1.82, 2.24) is 5.32 Å². The van der Waals surface area contributed by atoms with Gasteiger partial charge in [-0.25, -0.2) is 9.59 Å². The summed E-state index contributed by atoms with van der Waals surface area (Å²) in [4.78, 5) is 23.5. The molecule has 120 valence electrons. The molecular weight excluding hydrogens is 292 g/mol. The van der Waals surface area contributed by atoms with E-state index in [1.54, 1.807) is 6.07 Å². The zero-order valence-electron chi connectivity index (χ0n) is 13.0. The van der Waals surface area contributed by atoms with E-state index in [0.717, 1.165) is 17.5 Å². The average Bonchev–Trinajstić information content (AvgIpc) is 2.55. The Morgan fingerprint density at radius 1 is 1.04 bits per heavy atom. The van der Waals surface area contributed by atoms with Crippen LogP contribution in [0.1, 0.15) is 18.1 Å². The van der Waals surface area contributed by atoms with E-state index in [1.165, 1.54) is 0 Å². The van der Waals surface area contributed by atoms with Gasteiger partial charge in [0.2, 0.25) is 0 Å². The predicted octanol–water partition coefficient (Wildman–Crippen LogP) is 3.07. The van der Waals surface area contributed by atoms with Crippen molar-refractivity contribution < 1.29 is 14.7 Å². The summed E-state index contributed by atoms with van der Waals surface area (Å²) in [6.45, 7) is 1.99. The molecule has 0 aliphatic heterocycles. The maximum Gasteiger partial charge on any atom is 0.326 e. The zero-order valence-corrected chi connectivity index (χ0v) is 13.0. The summed E-state index contributed by atoms with van der Waals surface area (Å²) >= 11 is 0. The minimum absolute atomic E-state index is 0.235. The first-order valence-corrected chi connectivity index (χ1v) is 7.52. The van der Waals surface area contributed by atoms with Gasteiger partial charge >= 0.3 is 12.0 Å². The first kappa shape index (κ1) is 16.5. The topological polar surface area (TPSA) is 78.4 Å². The molecule has 0 spiro atoms. The van der Waals surface area contributed by atoms with Crippen molar-refractivity contribution in [1.29, 1.82) is 0 Å². The van der Waals surface area contributed by atoms with Crippen molar-refractivity contribution in [2.24, 2.45) is 0 Å². The standard InChI is InChI=1S/C18H20N2O3/c1-2-14-10-6-7-11-15(14)19-18(23)20-16(17(21)22)12-13-8-4-3-5-9-13/h3-11,16H,2,12H2,1H3,(H,21,22)(H2,19,20,23)/t16-/m0/s1. The van der Waals surface area contributed by atoms with Gasteiger partial charge in [0.15, 0.2) is 0 Å². The van der Waals surface area contributed by atoms with Crippen LogP contribution in [0.4, 0.5) is 10.5 Å². The molecule has 0 fully saturated rings. The van der Waals surface area contributed by atoms with E-state index in [-0.39, 0.29) is 6.42 Å². The molecule has 0 saturated carbocycles. The van der Waals surface area contributed by atoms with Crippen molar-refractivity contribution in [3.05, 3.63) is 65.7 Å². The van der Waals surface area contributed by atoms with Gasteiger partial charge < -0.3 is 15.7 Å². The molecule has 0 unspecified atom stereocenters. The highest BCUT2D eigenvalue weighted by Gasteiger charge is 2.20. The molecule has 0 aliphatic carbocycles. The smallest absolute Gasteiger partial charge is 0.326 e. The summed E-state index contributed by atoms with van der Waals surface area (Å²) in [5.41, 5.74) is 2.54. The second kappa shape index (κ2) is 7.98. The molecule has 2 amide bonds. The molecule has 2 aromatic carbocycles. The lowest BCUT2D eigenvalue weighted by Gasteiger charge is -2.16. The monoisotopic (exact) mass is 312 g/mol. The summed E-state index contributed by atoms with van der Waals surface area (Å²) in [5, 5.41) is 14.5. The summed E-state index contributed by atoms with van der Waals surface area (Å²) in [5.74, 6) is -1.06. The number of anilines is 1. The van der Waals surface area contributed by atoms with Gasteiger partial charge in [0.05, 0.1) is 0 Å². The van der Waals surface area contributed by atoms with Gasteiger partial charge in [0, 0.05) is 12.1 Å². The summed E-state index contributed by atoms with van der Waals surface area (Å²) in [7, 11) is 0. The first-order chi connectivity index (χ1) is 11.1. The van der Waals surface area contributed by atoms with Gasteiger partial charge in [-0.1, -0.05) is 55.5 Å². The van der Waals surface area contributed by atoms with Crippen LogP contribution in [0.25, 0.3) is 0 Å². The molecule has 0 bridgehead atoms. The van der Waals surface area contributed by atoms with Crippen molar-refractivity contribution in [3.63, 3.8) is 0 Å². The van der Waals surface area contributed by atoms with Crippen LogP contribution in [0.3, 0.4) is 0 Å². The van der Waals surface area contributed by atoms with E-state index < -0.39 is 18.0 Å². The van der Waals surface area contributed by atoms with Crippen LogP contribution < -0.4 is 10.6 Å². The van der Waals surface area contributed by atoms with Gasteiger partial charge in [-0.3, -0.25) is 0 Å². The number of hydrogen-bond donors (Lipinski definition) is 3. The van der Waals surface area contributed by atoms with Gasteiger partial charge in [-0.2, -0.15) is 0 Å². The third kappa shape index (κ3) is 4.85. The second-order valence-corrected chi connectivity index (χ2v) is 5.19. The molecule has 2 aromatic rings. The van der Waals surface area contributed by atoms with Crippen LogP contribution in [0, 0.1) is 0 Å². The fourth-order valence-electron chi connectivity index (χ4n) is 2.32. The molecule has 5 nitrogen and oxygen atoms in total. The molecule has 0 saturated heterocycles. The maximum absolute atomic E-state index is 12.1. The fourth-order valence-corrected chi connectivity index (χ4v) is 2.32. The lowest BCUT2D eigenvalue weighted by atomic mass is 10.1. The quantitative estimate of drug-likeness (QED) is 0.767. The van der Waals surface area contributed by atoms with E-state index in [2.05, 4.69) is 10.6 Å². The highest BCUT2D eigenvalue weighted by Crippen LogP contribution is 2.15. The Labute approximate surface area is 135 Å². The van der Waals surface area contributed by atoms with Crippen molar-refractivity contribution >= 4 is 17.7 Å². The highest BCUT2D eigenvalue weighted by molar-refractivity contribution is 5.93. The molecular formula is C18H20N2O3. The average molecular weight is 312 g/mol. The SMILES string of the molecule is CCc1ccccc1NC(=O)N[C@@H](Cc1ccccc1)C(=O)O. The van der Waals surface area contributed by atoms with Crippen molar-refractivity contribution in [2.45, 2.75) is 25.8 Å².